The molecule has 0 aromatic heterocycles. The van der Waals surface area contributed by atoms with E-state index in [1.54, 1.807) is 20.8 Å². The van der Waals surface area contributed by atoms with E-state index in [1.807, 2.05) is 6.07 Å². The van der Waals surface area contributed by atoms with E-state index < -0.39 is 23.6 Å². The Bertz CT molecular complexity index is 454. The van der Waals surface area contributed by atoms with Crippen molar-refractivity contribution >= 4 is 11.9 Å². The second-order valence-corrected chi connectivity index (χ2v) is 5.23. The lowest BCUT2D eigenvalue weighted by Gasteiger charge is -2.19. The van der Waals surface area contributed by atoms with Crippen LogP contribution in [-0.4, -0.2) is 30.7 Å². The predicted molar refractivity (Wildman–Crippen MR) is 66.7 cm³/mol. The Balaban J connectivity index is 2.86. The van der Waals surface area contributed by atoms with Crippen LogP contribution in [0.1, 0.15) is 33.6 Å². The number of ether oxygens (including phenoxy) is 2. The van der Waals surface area contributed by atoms with Gasteiger partial charge in [0.1, 0.15) is 17.7 Å². The first-order valence-electron chi connectivity index (χ1n) is 5.99. The highest BCUT2D eigenvalue weighted by Crippen LogP contribution is 2.21. The van der Waals surface area contributed by atoms with Crippen LogP contribution in [0.3, 0.4) is 0 Å². The molecule has 0 bridgehead atoms. The number of hydrogen-bond acceptors (Lipinski definition) is 6. The minimum Gasteiger partial charge on any atom is -0.467 e. The molecule has 6 nitrogen and oxygen atoms in total. The quantitative estimate of drug-likeness (QED) is 0.456. The molecule has 1 fully saturated rings. The lowest BCUT2D eigenvalue weighted by molar-refractivity contribution is -0.149. The number of esters is 2. The van der Waals surface area contributed by atoms with Crippen LogP contribution in [0.15, 0.2) is 11.3 Å². The van der Waals surface area contributed by atoms with E-state index in [0.717, 1.165) is 0 Å². The monoisotopic (exact) mass is 266 g/mol. The molecular formula is C13H18N2O4. The number of nitrogens with one attached hydrogen (secondary N) is 1. The van der Waals surface area contributed by atoms with Crippen LogP contribution >= 0.6 is 0 Å². The lowest BCUT2D eigenvalue weighted by Crippen LogP contribution is -2.32. The van der Waals surface area contributed by atoms with E-state index in [9.17, 15) is 9.59 Å². The second-order valence-electron chi connectivity index (χ2n) is 5.23. The van der Waals surface area contributed by atoms with Gasteiger partial charge in [0.2, 0.25) is 0 Å². The van der Waals surface area contributed by atoms with Gasteiger partial charge >= 0.3 is 11.9 Å². The highest BCUT2D eigenvalue weighted by Gasteiger charge is 2.31. The van der Waals surface area contributed by atoms with Crippen LogP contribution in [0.25, 0.3) is 0 Å². The van der Waals surface area contributed by atoms with Crippen molar-refractivity contribution in [3.8, 4) is 6.07 Å². The molecule has 0 aromatic rings. The Morgan fingerprint density at radius 3 is 2.53 bits per heavy atom. The number of nitrogens with zero attached hydrogens (tertiary/aromatic N) is 1. The van der Waals surface area contributed by atoms with Crippen LogP contribution in [0.4, 0.5) is 0 Å². The number of methoxy groups -OCH3 is 1. The standard InChI is InChI=1S/C13H18N2O4/c1-13(2,3)19-11(16)8(7-14)9-5-6-10(15-9)12(17)18-4/h10,15H,5-6H2,1-4H3/b9-8+/t10-/m1/s1. The summed E-state index contributed by atoms with van der Waals surface area (Å²) in [6.45, 7) is 5.18. The summed E-state index contributed by atoms with van der Waals surface area (Å²) >= 11 is 0. The second kappa shape index (κ2) is 5.74. The third kappa shape index (κ3) is 3.98. The van der Waals surface area contributed by atoms with Crippen molar-refractivity contribution < 1.29 is 19.1 Å². The average Bonchev–Trinajstić information content (AvgIpc) is 2.76. The topological polar surface area (TPSA) is 88.4 Å². The lowest BCUT2D eigenvalue weighted by atomic mass is 10.1. The molecule has 1 rings (SSSR count). The Labute approximate surface area is 112 Å². The molecule has 104 valence electrons. The van der Waals surface area contributed by atoms with Gasteiger partial charge in [-0.25, -0.2) is 9.59 Å². The molecule has 0 aliphatic carbocycles. The predicted octanol–water partition coefficient (Wildman–Crippen LogP) is 1.03. The molecule has 1 atom stereocenters. The van der Waals surface area contributed by atoms with E-state index >= 15 is 0 Å². The van der Waals surface area contributed by atoms with Gasteiger partial charge in [-0.2, -0.15) is 5.26 Å². The number of hydrogen-bond donors (Lipinski definition) is 1. The van der Waals surface area contributed by atoms with E-state index in [2.05, 4.69) is 10.1 Å². The van der Waals surface area contributed by atoms with Crippen LogP contribution < -0.4 is 5.32 Å². The van der Waals surface area contributed by atoms with Gasteiger partial charge in [-0.3, -0.25) is 0 Å². The van der Waals surface area contributed by atoms with Crippen molar-refractivity contribution in [1.82, 2.24) is 5.32 Å². The van der Waals surface area contributed by atoms with Gasteiger partial charge in [0, 0.05) is 5.70 Å². The first-order chi connectivity index (χ1) is 8.78. The van der Waals surface area contributed by atoms with Gasteiger partial charge in [0.25, 0.3) is 0 Å². The maximum atomic E-state index is 11.9. The van der Waals surface area contributed by atoms with Crippen molar-refractivity contribution in [3.63, 3.8) is 0 Å². The largest absolute Gasteiger partial charge is 0.467 e. The summed E-state index contributed by atoms with van der Waals surface area (Å²) in [6, 6.07) is 1.33. The zero-order valence-electron chi connectivity index (χ0n) is 11.6. The maximum Gasteiger partial charge on any atom is 0.351 e. The Morgan fingerprint density at radius 1 is 1.42 bits per heavy atom. The van der Waals surface area contributed by atoms with Crippen molar-refractivity contribution in [1.29, 1.82) is 5.26 Å². The van der Waals surface area contributed by atoms with Crippen LogP contribution in [-0.2, 0) is 19.1 Å². The summed E-state index contributed by atoms with van der Waals surface area (Å²) in [5.41, 5.74) is -0.311. The number of carbonyl (C=O) groups is 2. The van der Waals surface area contributed by atoms with Gasteiger partial charge < -0.3 is 14.8 Å². The molecule has 19 heavy (non-hydrogen) atoms. The molecule has 0 radical (unpaired) electrons. The maximum absolute atomic E-state index is 11.9. The molecule has 1 saturated heterocycles. The summed E-state index contributed by atoms with van der Waals surface area (Å²) in [6.07, 6.45) is 0.942. The molecule has 1 N–H and O–H groups in total. The summed E-state index contributed by atoms with van der Waals surface area (Å²) in [5, 5.41) is 11.9. The van der Waals surface area contributed by atoms with Crippen molar-refractivity contribution in [3.05, 3.63) is 11.3 Å². The fraction of sp³-hybridized carbons (Fsp3) is 0.615. The number of rotatable bonds is 2. The third-order valence-electron chi connectivity index (χ3n) is 2.53. The van der Waals surface area contributed by atoms with Gasteiger partial charge in [0.05, 0.1) is 7.11 Å². The minimum absolute atomic E-state index is 0.0821. The molecule has 1 heterocycles. The Morgan fingerprint density at radius 2 is 2.05 bits per heavy atom. The zero-order chi connectivity index (χ0) is 14.6. The van der Waals surface area contributed by atoms with Crippen molar-refractivity contribution in [2.24, 2.45) is 0 Å². The van der Waals surface area contributed by atoms with E-state index in [-0.39, 0.29) is 5.57 Å². The molecule has 0 saturated carbocycles. The SMILES string of the molecule is COC(=O)[C@H]1CC/C(=C(/C#N)C(=O)OC(C)(C)C)N1. The minimum atomic E-state index is -0.678. The first-order valence-corrected chi connectivity index (χ1v) is 5.99. The molecule has 1 aliphatic heterocycles. The Kier molecular flexibility index (Phi) is 4.54. The number of allylic oxidation sites excluding steroid dienone is 1. The summed E-state index contributed by atoms with van der Waals surface area (Å²) in [4.78, 5) is 23.2. The first kappa shape index (κ1) is 15.0. The zero-order valence-corrected chi connectivity index (χ0v) is 11.6. The van der Waals surface area contributed by atoms with Crippen LogP contribution in [0.5, 0.6) is 0 Å². The Hall–Kier alpha value is -2.03. The van der Waals surface area contributed by atoms with Crippen molar-refractivity contribution in [2.45, 2.75) is 45.3 Å². The highest BCUT2D eigenvalue weighted by atomic mass is 16.6. The molecule has 0 amide bonds. The molecule has 0 unspecified atom stereocenters. The smallest absolute Gasteiger partial charge is 0.351 e. The summed E-state index contributed by atoms with van der Waals surface area (Å²) in [5.74, 6) is -1.08. The number of carbonyl (C=O) groups excluding carboxylic acids is 2. The van der Waals surface area contributed by atoms with Gasteiger partial charge in [-0.05, 0) is 33.6 Å². The summed E-state index contributed by atoms with van der Waals surface area (Å²) < 4.78 is 9.76. The van der Waals surface area contributed by atoms with E-state index in [1.165, 1.54) is 7.11 Å². The molecule has 0 spiro atoms. The average molecular weight is 266 g/mol. The van der Waals surface area contributed by atoms with Gasteiger partial charge in [0.15, 0.2) is 5.57 Å². The van der Waals surface area contributed by atoms with Gasteiger partial charge in [-0.15, -0.1) is 0 Å². The highest BCUT2D eigenvalue weighted by molar-refractivity contribution is 5.94. The summed E-state index contributed by atoms with van der Waals surface area (Å²) in [7, 11) is 1.30. The molecule has 0 aromatic carbocycles. The number of nitriles is 1. The normalized spacial score (nSPS) is 21.1. The van der Waals surface area contributed by atoms with Crippen molar-refractivity contribution in [2.75, 3.05) is 7.11 Å². The fourth-order valence-electron chi connectivity index (χ4n) is 1.72. The van der Waals surface area contributed by atoms with Gasteiger partial charge in [-0.1, -0.05) is 0 Å². The van der Waals surface area contributed by atoms with Crippen LogP contribution in [0.2, 0.25) is 0 Å². The van der Waals surface area contributed by atoms with Crippen LogP contribution in [0, 0.1) is 11.3 Å². The molecule has 6 heteroatoms. The fourth-order valence-corrected chi connectivity index (χ4v) is 1.72. The van der Waals surface area contributed by atoms with E-state index in [4.69, 9.17) is 10.00 Å². The molecular weight excluding hydrogens is 248 g/mol. The molecule has 1 aliphatic rings. The van der Waals surface area contributed by atoms with E-state index in [0.29, 0.717) is 18.5 Å². The third-order valence-corrected chi connectivity index (χ3v) is 2.53.